The molecule has 4 rings (SSSR count). The van der Waals surface area contributed by atoms with Crippen molar-refractivity contribution in [2.24, 2.45) is 0 Å². The van der Waals surface area contributed by atoms with Crippen LogP contribution in [0.25, 0.3) is 11.5 Å². The van der Waals surface area contributed by atoms with Crippen LogP contribution in [0, 0.1) is 0 Å². The van der Waals surface area contributed by atoms with Crippen LogP contribution < -0.4 is 15.0 Å². The number of benzene rings is 1. The smallest absolute Gasteiger partial charge is 0.254 e. The van der Waals surface area contributed by atoms with Crippen molar-refractivity contribution in [1.29, 1.82) is 0 Å². The Morgan fingerprint density at radius 1 is 1.18 bits per heavy atom. The third-order valence-electron chi connectivity index (χ3n) is 4.94. The van der Waals surface area contributed by atoms with Crippen molar-refractivity contribution in [2.45, 2.75) is 19.5 Å². The maximum absolute atomic E-state index is 12.5. The molecule has 2 aromatic heterocycles. The zero-order valence-electron chi connectivity index (χ0n) is 15.9. The molecule has 3 heterocycles. The maximum atomic E-state index is 12.5. The SMILES string of the molecule is COc1ccc(OC)c(CN2CCc3c(nc(-c4ccccn4)[nH]c3=O)C2)c1. The highest BCUT2D eigenvalue weighted by molar-refractivity contribution is 5.49. The first-order valence-corrected chi connectivity index (χ1v) is 9.14. The molecule has 7 nitrogen and oxygen atoms in total. The number of nitrogens with one attached hydrogen (secondary N) is 1. The van der Waals surface area contributed by atoms with Gasteiger partial charge in [0.2, 0.25) is 0 Å². The fourth-order valence-corrected chi connectivity index (χ4v) is 3.50. The zero-order valence-corrected chi connectivity index (χ0v) is 15.9. The first-order chi connectivity index (χ1) is 13.7. The van der Waals surface area contributed by atoms with E-state index in [9.17, 15) is 4.79 Å². The van der Waals surface area contributed by atoms with Gasteiger partial charge < -0.3 is 14.5 Å². The van der Waals surface area contributed by atoms with Gasteiger partial charge in [-0.2, -0.15) is 0 Å². The molecule has 0 unspecified atom stereocenters. The van der Waals surface area contributed by atoms with Gasteiger partial charge in [0.05, 0.1) is 19.9 Å². The van der Waals surface area contributed by atoms with Crippen LogP contribution in [0.15, 0.2) is 47.4 Å². The fourth-order valence-electron chi connectivity index (χ4n) is 3.50. The van der Waals surface area contributed by atoms with E-state index in [1.165, 1.54) is 0 Å². The van der Waals surface area contributed by atoms with E-state index < -0.39 is 0 Å². The summed E-state index contributed by atoms with van der Waals surface area (Å²) in [5.41, 5.74) is 3.18. The van der Waals surface area contributed by atoms with Gasteiger partial charge in [0, 0.05) is 37.0 Å². The third kappa shape index (κ3) is 3.61. The molecule has 0 radical (unpaired) electrons. The van der Waals surface area contributed by atoms with Gasteiger partial charge in [-0.1, -0.05) is 6.07 Å². The Bertz CT molecular complexity index is 1030. The third-order valence-corrected chi connectivity index (χ3v) is 4.94. The Balaban J connectivity index is 1.61. The topological polar surface area (TPSA) is 80.3 Å². The lowest BCUT2D eigenvalue weighted by Crippen LogP contribution is -2.35. The monoisotopic (exact) mass is 378 g/mol. The van der Waals surface area contributed by atoms with Gasteiger partial charge in [0.15, 0.2) is 5.82 Å². The summed E-state index contributed by atoms with van der Waals surface area (Å²) in [5.74, 6) is 2.12. The summed E-state index contributed by atoms with van der Waals surface area (Å²) in [4.78, 5) is 26.6. The maximum Gasteiger partial charge on any atom is 0.254 e. The summed E-state index contributed by atoms with van der Waals surface area (Å²) in [6, 6.07) is 11.3. The summed E-state index contributed by atoms with van der Waals surface area (Å²) < 4.78 is 10.8. The molecule has 3 aromatic rings. The minimum absolute atomic E-state index is 0.0794. The highest BCUT2D eigenvalue weighted by Gasteiger charge is 2.22. The van der Waals surface area contributed by atoms with Gasteiger partial charge in [0.25, 0.3) is 5.56 Å². The molecule has 1 N–H and O–H groups in total. The average Bonchev–Trinajstić information content (AvgIpc) is 2.74. The van der Waals surface area contributed by atoms with Crippen LogP contribution in [-0.2, 0) is 19.5 Å². The van der Waals surface area contributed by atoms with Crippen LogP contribution in [0.3, 0.4) is 0 Å². The van der Waals surface area contributed by atoms with Crippen molar-refractivity contribution in [3.8, 4) is 23.0 Å². The molecule has 0 amide bonds. The molecule has 1 aromatic carbocycles. The van der Waals surface area contributed by atoms with Crippen molar-refractivity contribution in [2.75, 3.05) is 20.8 Å². The first-order valence-electron chi connectivity index (χ1n) is 9.14. The molecule has 0 fully saturated rings. The summed E-state index contributed by atoms with van der Waals surface area (Å²) in [6.45, 7) is 2.06. The summed E-state index contributed by atoms with van der Waals surface area (Å²) in [7, 11) is 3.31. The number of rotatable bonds is 5. The van der Waals surface area contributed by atoms with Gasteiger partial charge in [0.1, 0.15) is 17.2 Å². The molecule has 28 heavy (non-hydrogen) atoms. The second-order valence-corrected chi connectivity index (χ2v) is 6.69. The van der Waals surface area contributed by atoms with Gasteiger partial charge in [-0.3, -0.25) is 14.7 Å². The van der Waals surface area contributed by atoms with Crippen molar-refractivity contribution in [3.05, 3.63) is 69.8 Å². The average molecular weight is 378 g/mol. The molecular formula is C21H22N4O3. The van der Waals surface area contributed by atoms with E-state index >= 15 is 0 Å². The van der Waals surface area contributed by atoms with Gasteiger partial charge in [-0.15, -0.1) is 0 Å². The Hall–Kier alpha value is -3.19. The quantitative estimate of drug-likeness (QED) is 0.734. The minimum Gasteiger partial charge on any atom is -0.497 e. The van der Waals surface area contributed by atoms with Crippen molar-refractivity contribution in [3.63, 3.8) is 0 Å². The van der Waals surface area contributed by atoms with E-state index in [0.29, 0.717) is 31.0 Å². The molecule has 144 valence electrons. The van der Waals surface area contributed by atoms with E-state index in [1.807, 2.05) is 36.4 Å². The van der Waals surface area contributed by atoms with Crippen molar-refractivity contribution >= 4 is 0 Å². The predicted octanol–water partition coefficient (Wildman–Crippen LogP) is 2.41. The summed E-state index contributed by atoms with van der Waals surface area (Å²) >= 11 is 0. The molecular weight excluding hydrogens is 356 g/mol. The van der Waals surface area contributed by atoms with Gasteiger partial charge in [-0.25, -0.2) is 4.98 Å². The lowest BCUT2D eigenvalue weighted by Gasteiger charge is -2.28. The first kappa shape index (κ1) is 18.2. The van der Waals surface area contributed by atoms with E-state index in [4.69, 9.17) is 14.5 Å². The number of pyridine rings is 1. The molecule has 0 atom stereocenters. The molecule has 0 saturated carbocycles. The Kier molecular flexibility index (Phi) is 5.08. The number of ether oxygens (including phenoxy) is 2. The van der Waals surface area contributed by atoms with Crippen LogP contribution in [0.2, 0.25) is 0 Å². The van der Waals surface area contributed by atoms with Gasteiger partial charge in [-0.05, 0) is 36.8 Å². The number of methoxy groups -OCH3 is 2. The van der Waals surface area contributed by atoms with E-state index in [2.05, 4.69) is 14.9 Å². The van der Waals surface area contributed by atoms with Gasteiger partial charge >= 0.3 is 0 Å². The second kappa shape index (κ2) is 7.82. The number of hydrogen-bond donors (Lipinski definition) is 1. The molecule has 0 saturated heterocycles. The number of aromatic amines is 1. The highest BCUT2D eigenvalue weighted by atomic mass is 16.5. The van der Waals surface area contributed by atoms with Crippen LogP contribution in [-0.4, -0.2) is 40.6 Å². The molecule has 0 bridgehead atoms. The standard InChI is InChI=1S/C21H22N4O3/c1-27-15-6-7-19(28-2)14(11-15)12-25-10-8-16-18(13-25)23-20(24-21(16)26)17-5-3-4-9-22-17/h3-7,9,11H,8,10,12-13H2,1-2H3,(H,23,24,26). The Morgan fingerprint density at radius 2 is 2.07 bits per heavy atom. The molecule has 1 aliphatic rings. The second-order valence-electron chi connectivity index (χ2n) is 6.69. The van der Waals surface area contributed by atoms with Crippen LogP contribution >= 0.6 is 0 Å². The van der Waals surface area contributed by atoms with Crippen LogP contribution in [0.1, 0.15) is 16.8 Å². The number of H-pyrrole nitrogens is 1. The minimum atomic E-state index is -0.0794. The Labute approximate surface area is 163 Å². The van der Waals surface area contributed by atoms with E-state index in [-0.39, 0.29) is 5.56 Å². The van der Waals surface area contributed by atoms with E-state index in [0.717, 1.165) is 34.9 Å². The summed E-state index contributed by atoms with van der Waals surface area (Å²) in [6.07, 6.45) is 2.35. The largest absolute Gasteiger partial charge is 0.497 e. The predicted molar refractivity (Wildman–Crippen MR) is 105 cm³/mol. The number of fused-ring (bicyclic) bond motifs is 1. The highest BCUT2D eigenvalue weighted by Crippen LogP contribution is 2.27. The van der Waals surface area contributed by atoms with Crippen molar-refractivity contribution < 1.29 is 9.47 Å². The van der Waals surface area contributed by atoms with Crippen molar-refractivity contribution in [1.82, 2.24) is 19.9 Å². The molecule has 0 aliphatic carbocycles. The summed E-state index contributed by atoms with van der Waals surface area (Å²) in [5, 5.41) is 0. The van der Waals surface area contributed by atoms with Crippen LogP contribution in [0.5, 0.6) is 11.5 Å². The lowest BCUT2D eigenvalue weighted by molar-refractivity contribution is 0.236. The number of aromatic nitrogens is 3. The molecule has 0 spiro atoms. The fraction of sp³-hybridized carbons (Fsp3) is 0.286. The number of nitrogens with zero attached hydrogens (tertiary/aromatic N) is 3. The van der Waals surface area contributed by atoms with Crippen LogP contribution in [0.4, 0.5) is 0 Å². The molecule has 7 heteroatoms. The molecule has 1 aliphatic heterocycles. The lowest BCUT2D eigenvalue weighted by atomic mass is 10.0. The zero-order chi connectivity index (χ0) is 19.5. The normalized spacial score (nSPS) is 13.8. The van der Waals surface area contributed by atoms with E-state index in [1.54, 1.807) is 20.4 Å². The Morgan fingerprint density at radius 3 is 2.82 bits per heavy atom. The number of hydrogen-bond acceptors (Lipinski definition) is 6.